The van der Waals surface area contributed by atoms with Gasteiger partial charge in [0.2, 0.25) is 0 Å². The van der Waals surface area contributed by atoms with Gasteiger partial charge in [0, 0.05) is 5.56 Å². The van der Waals surface area contributed by atoms with Crippen LogP contribution in [0.2, 0.25) is 0 Å². The lowest BCUT2D eigenvalue weighted by Gasteiger charge is -2.24. The van der Waals surface area contributed by atoms with Crippen LogP contribution in [-0.4, -0.2) is 10.0 Å². The lowest BCUT2D eigenvalue weighted by Crippen LogP contribution is -2.25. The highest BCUT2D eigenvalue weighted by molar-refractivity contribution is 5.53. The number of nitro groups is 1. The Morgan fingerprint density at radius 2 is 2.09 bits per heavy atom. The van der Waals surface area contributed by atoms with Gasteiger partial charge in [0.1, 0.15) is 17.4 Å². The highest BCUT2D eigenvalue weighted by Crippen LogP contribution is 2.43. The van der Waals surface area contributed by atoms with Gasteiger partial charge in [-0.05, 0) is 35.9 Å². The topological polar surface area (TPSA) is 122 Å². The van der Waals surface area contributed by atoms with E-state index in [2.05, 4.69) is 0 Å². The number of nitriles is 1. The van der Waals surface area contributed by atoms with E-state index >= 15 is 0 Å². The Kier molecular flexibility index (Phi) is 3.35. The molecule has 0 saturated heterocycles. The first-order valence-corrected chi connectivity index (χ1v) is 6.66. The second-order valence-corrected chi connectivity index (χ2v) is 5.00. The zero-order valence-electron chi connectivity index (χ0n) is 11.8. The number of phenols is 1. The summed E-state index contributed by atoms with van der Waals surface area (Å²) in [6, 6.07) is 12.8. The van der Waals surface area contributed by atoms with E-state index in [1.54, 1.807) is 24.3 Å². The van der Waals surface area contributed by atoms with Gasteiger partial charge >= 0.3 is 5.70 Å². The lowest BCUT2D eigenvalue weighted by molar-refractivity contribution is -0.432. The Balaban J connectivity index is 2.27. The number of hydrogen-bond acceptors (Lipinski definition) is 6. The second-order valence-electron chi connectivity index (χ2n) is 5.00. The molecule has 1 aliphatic rings. The van der Waals surface area contributed by atoms with Crippen LogP contribution in [0.25, 0.3) is 0 Å². The summed E-state index contributed by atoms with van der Waals surface area (Å²) < 4.78 is 5.31. The van der Waals surface area contributed by atoms with E-state index in [0.717, 1.165) is 0 Å². The van der Waals surface area contributed by atoms with Gasteiger partial charge in [0.15, 0.2) is 0 Å². The van der Waals surface area contributed by atoms with Gasteiger partial charge in [-0.15, -0.1) is 0 Å². The van der Waals surface area contributed by atoms with Gasteiger partial charge in [-0.2, -0.15) is 5.26 Å². The summed E-state index contributed by atoms with van der Waals surface area (Å²) in [5.41, 5.74) is 6.71. The molecule has 3 N–H and O–H groups in total. The van der Waals surface area contributed by atoms with Gasteiger partial charge in [0.05, 0.1) is 16.6 Å². The first kappa shape index (κ1) is 14.4. The zero-order chi connectivity index (χ0) is 16.6. The number of allylic oxidation sites excluding steroid dienone is 1. The van der Waals surface area contributed by atoms with Crippen molar-refractivity contribution in [1.82, 2.24) is 0 Å². The number of rotatable bonds is 2. The first-order chi connectivity index (χ1) is 11.0. The number of nitrogens with zero attached hydrogens (tertiary/aromatic N) is 2. The highest BCUT2D eigenvalue weighted by Gasteiger charge is 2.39. The van der Waals surface area contributed by atoms with E-state index in [0.29, 0.717) is 22.4 Å². The largest absolute Gasteiger partial charge is 0.508 e. The van der Waals surface area contributed by atoms with Gasteiger partial charge in [-0.1, -0.05) is 12.1 Å². The van der Waals surface area contributed by atoms with E-state index in [-0.39, 0.29) is 17.3 Å². The molecule has 2 aromatic carbocycles. The minimum atomic E-state index is -0.839. The third-order valence-electron chi connectivity index (χ3n) is 3.60. The molecule has 1 aliphatic heterocycles. The molecule has 7 heteroatoms. The Morgan fingerprint density at radius 1 is 1.30 bits per heavy atom. The summed E-state index contributed by atoms with van der Waals surface area (Å²) >= 11 is 0. The smallest absolute Gasteiger partial charge is 0.317 e. The van der Waals surface area contributed by atoms with Crippen molar-refractivity contribution in [3.63, 3.8) is 0 Å². The summed E-state index contributed by atoms with van der Waals surface area (Å²) in [7, 11) is 0. The Bertz CT molecular complexity index is 883. The summed E-state index contributed by atoms with van der Waals surface area (Å²) in [6.45, 7) is 0. The molecule has 2 aromatic rings. The average molecular weight is 309 g/mol. The van der Waals surface area contributed by atoms with E-state index in [1.807, 2.05) is 6.07 Å². The van der Waals surface area contributed by atoms with Crippen molar-refractivity contribution in [1.29, 1.82) is 5.26 Å². The fourth-order valence-corrected chi connectivity index (χ4v) is 2.64. The molecule has 0 bridgehead atoms. The molecule has 1 heterocycles. The van der Waals surface area contributed by atoms with Crippen molar-refractivity contribution < 1.29 is 14.8 Å². The maximum Gasteiger partial charge on any atom is 0.317 e. The van der Waals surface area contributed by atoms with Gasteiger partial charge in [-0.25, -0.2) is 0 Å². The molecule has 3 rings (SSSR count). The molecule has 0 radical (unpaired) electrons. The van der Waals surface area contributed by atoms with Crippen LogP contribution in [0.1, 0.15) is 22.6 Å². The molecule has 0 fully saturated rings. The van der Waals surface area contributed by atoms with E-state index in [4.69, 9.17) is 15.7 Å². The van der Waals surface area contributed by atoms with Crippen LogP contribution in [0.4, 0.5) is 0 Å². The fraction of sp³-hybridized carbons (Fsp3) is 0.0625. The predicted octanol–water partition coefficient (Wildman–Crippen LogP) is 2.19. The first-order valence-electron chi connectivity index (χ1n) is 6.66. The van der Waals surface area contributed by atoms with Gasteiger partial charge in [0.25, 0.3) is 5.88 Å². The molecule has 1 atom stereocenters. The maximum absolute atomic E-state index is 11.5. The second kappa shape index (κ2) is 5.35. The number of nitrogens with two attached hydrogens (primary N) is 1. The molecule has 23 heavy (non-hydrogen) atoms. The van der Waals surface area contributed by atoms with Crippen LogP contribution in [0.5, 0.6) is 11.5 Å². The van der Waals surface area contributed by atoms with Crippen molar-refractivity contribution in [2.75, 3.05) is 0 Å². The molecule has 0 aromatic heterocycles. The van der Waals surface area contributed by atoms with Crippen LogP contribution in [0, 0.1) is 21.4 Å². The Morgan fingerprint density at radius 3 is 2.78 bits per heavy atom. The molecule has 7 nitrogen and oxygen atoms in total. The number of fused-ring (bicyclic) bond motifs is 1. The number of ether oxygens (including phenoxy) is 1. The van der Waals surface area contributed by atoms with Crippen LogP contribution in [0.3, 0.4) is 0 Å². The highest BCUT2D eigenvalue weighted by atomic mass is 16.6. The minimum Gasteiger partial charge on any atom is -0.508 e. The number of hydrogen-bond donors (Lipinski definition) is 2. The summed E-state index contributed by atoms with van der Waals surface area (Å²) in [5, 5.41) is 30.2. The third-order valence-corrected chi connectivity index (χ3v) is 3.60. The average Bonchev–Trinajstić information content (AvgIpc) is 2.53. The molecule has 1 unspecified atom stereocenters. The molecule has 0 saturated carbocycles. The van der Waals surface area contributed by atoms with Crippen molar-refractivity contribution in [2.24, 2.45) is 5.73 Å². The zero-order valence-corrected chi connectivity index (χ0v) is 11.8. The monoisotopic (exact) mass is 309 g/mol. The van der Waals surface area contributed by atoms with Gasteiger partial charge in [-0.3, -0.25) is 10.1 Å². The normalized spacial score (nSPS) is 16.2. The Labute approximate surface area is 131 Å². The lowest BCUT2D eigenvalue weighted by atomic mass is 9.86. The number of phenolic OH excluding ortho intramolecular Hbond substituents is 1. The minimum absolute atomic E-state index is 0.0445. The number of aromatic hydroxyl groups is 1. The molecular weight excluding hydrogens is 298 g/mol. The van der Waals surface area contributed by atoms with Crippen molar-refractivity contribution >= 4 is 0 Å². The van der Waals surface area contributed by atoms with Crippen molar-refractivity contribution in [3.8, 4) is 17.6 Å². The quantitative estimate of drug-likeness (QED) is 0.647. The van der Waals surface area contributed by atoms with Crippen LogP contribution >= 0.6 is 0 Å². The predicted molar refractivity (Wildman–Crippen MR) is 79.9 cm³/mol. The van der Waals surface area contributed by atoms with E-state index in [9.17, 15) is 15.2 Å². The molecule has 0 spiro atoms. The fourth-order valence-electron chi connectivity index (χ4n) is 2.64. The summed E-state index contributed by atoms with van der Waals surface area (Å²) in [6.07, 6.45) is 0. The maximum atomic E-state index is 11.5. The number of benzene rings is 2. The van der Waals surface area contributed by atoms with Crippen LogP contribution in [0.15, 0.2) is 54.0 Å². The SMILES string of the molecule is N#Cc1cccc(C2C([N+](=O)[O-])=C(N)Oc3ccc(O)cc32)c1. The molecule has 114 valence electrons. The summed E-state index contributed by atoms with van der Waals surface area (Å²) in [4.78, 5) is 10.9. The Hall–Kier alpha value is -3.53. The van der Waals surface area contributed by atoms with Crippen LogP contribution < -0.4 is 10.5 Å². The third kappa shape index (κ3) is 2.42. The molecule has 0 aliphatic carbocycles. The van der Waals surface area contributed by atoms with Crippen LogP contribution in [-0.2, 0) is 0 Å². The molecule has 0 amide bonds. The van der Waals surface area contributed by atoms with Crippen molar-refractivity contribution in [3.05, 3.63) is 80.8 Å². The molecular formula is C16H11N3O4. The van der Waals surface area contributed by atoms with E-state index in [1.165, 1.54) is 18.2 Å². The summed E-state index contributed by atoms with van der Waals surface area (Å²) in [5.74, 6) is -0.857. The van der Waals surface area contributed by atoms with E-state index < -0.39 is 10.8 Å². The van der Waals surface area contributed by atoms with Gasteiger partial charge < -0.3 is 15.6 Å². The standard InChI is InChI=1S/C16H11N3O4/c17-8-9-2-1-3-10(6-9)14-12-7-11(20)4-5-13(12)23-16(18)15(14)19(21)22/h1-7,14,20H,18H2. The van der Waals surface area contributed by atoms with Crippen molar-refractivity contribution in [2.45, 2.75) is 5.92 Å².